The van der Waals surface area contributed by atoms with Gasteiger partial charge in [0.2, 0.25) is 0 Å². The van der Waals surface area contributed by atoms with E-state index in [9.17, 15) is 5.11 Å². The monoisotopic (exact) mass is 325 g/mol. The Morgan fingerprint density at radius 3 is 2.88 bits per heavy atom. The molecule has 1 unspecified atom stereocenters. The number of aryl methyl sites for hydroxylation is 1. The Hall–Kier alpha value is -2.51. The summed E-state index contributed by atoms with van der Waals surface area (Å²) in [5.41, 5.74) is 0.839. The highest BCUT2D eigenvalue weighted by atomic mass is 16.5. The van der Waals surface area contributed by atoms with Crippen LogP contribution in [0.3, 0.4) is 0 Å². The van der Waals surface area contributed by atoms with Crippen LogP contribution in [0.1, 0.15) is 12.2 Å². The van der Waals surface area contributed by atoms with Crippen LogP contribution in [-0.2, 0) is 4.74 Å². The summed E-state index contributed by atoms with van der Waals surface area (Å²) in [4.78, 5) is 9.00. The molecule has 1 fully saturated rings. The average Bonchev–Trinajstić information content (AvgIpc) is 3.20. The van der Waals surface area contributed by atoms with E-state index in [1.54, 1.807) is 10.9 Å². The van der Waals surface area contributed by atoms with Crippen molar-refractivity contribution in [3.63, 3.8) is 0 Å². The Bertz CT molecular complexity index is 856. The molecule has 24 heavy (non-hydrogen) atoms. The second-order valence-electron chi connectivity index (χ2n) is 6.13. The molecule has 3 heterocycles. The van der Waals surface area contributed by atoms with Gasteiger partial charge in [-0.15, -0.1) is 0 Å². The fraction of sp³-hybridized carbons (Fsp3) is 0.353. The van der Waals surface area contributed by atoms with Gasteiger partial charge in [-0.1, -0.05) is 18.2 Å². The van der Waals surface area contributed by atoms with E-state index in [0.717, 1.165) is 16.7 Å². The first-order valence-electron chi connectivity index (χ1n) is 7.96. The van der Waals surface area contributed by atoms with Gasteiger partial charge in [-0.2, -0.15) is 5.10 Å². The summed E-state index contributed by atoms with van der Waals surface area (Å²) in [6, 6.07) is 9.86. The molecule has 3 aromatic rings. The van der Waals surface area contributed by atoms with Gasteiger partial charge < -0.3 is 15.2 Å². The van der Waals surface area contributed by atoms with Crippen molar-refractivity contribution in [2.24, 2.45) is 0 Å². The summed E-state index contributed by atoms with van der Waals surface area (Å²) in [6.07, 6.45) is 2.37. The van der Waals surface area contributed by atoms with Crippen molar-refractivity contribution in [1.82, 2.24) is 19.7 Å². The predicted octanol–water partition coefficient (Wildman–Crippen LogP) is 1.69. The van der Waals surface area contributed by atoms with Crippen LogP contribution in [0.5, 0.6) is 0 Å². The molecule has 1 aliphatic rings. The second-order valence-corrected chi connectivity index (χ2v) is 6.13. The van der Waals surface area contributed by atoms with Gasteiger partial charge >= 0.3 is 0 Å². The van der Waals surface area contributed by atoms with Crippen LogP contribution in [0, 0.1) is 6.92 Å². The third-order valence-electron chi connectivity index (χ3n) is 4.21. The van der Waals surface area contributed by atoms with Gasteiger partial charge in [0.05, 0.1) is 23.9 Å². The summed E-state index contributed by atoms with van der Waals surface area (Å²) in [5, 5.41) is 18.9. The minimum absolute atomic E-state index is 0.344. The van der Waals surface area contributed by atoms with E-state index in [4.69, 9.17) is 4.74 Å². The first kappa shape index (κ1) is 15.0. The van der Waals surface area contributed by atoms with Crippen LogP contribution >= 0.6 is 0 Å². The molecule has 1 aliphatic heterocycles. The zero-order chi connectivity index (χ0) is 16.6. The molecule has 4 rings (SSSR count). The molecule has 124 valence electrons. The van der Waals surface area contributed by atoms with Gasteiger partial charge in [0.1, 0.15) is 17.2 Å². The molecule has 2 aromatic heterocycles. The molecule has 7 heteroatoms. The summed E-state index contributed by atoms with van der Waals surface area (Å²) < 4.78 is 7.08. The first-order chi connectivity index (χ1) is 11.6. The van der Waals surface area contributed by atoms with E-state index >= 15 is 0 Å². The smallest absolute Gasteiger partial charge is 0.168 e. The molecule has 0 radical (unpaired) electrons. The highest BCUT2D eigenvalue weighted by Gasteiger charge is 2.32. The zero-order valence-corrected chi connectivity index (χ0v) is 13.4. The Labute approximate surface area is 139 Å². The van der Waals surface area contributed by atoms with E-state index in [1.807, 2.05) is 37.3 Å². The number of anilines is 1. The molecule has 1 atom stereocenters. The third-order valence-corrected chi connectivity index (χ3v) is 4.21. The topological polar surface area (TPSA) is 85.1 Å². The van der Waals surface area contributed by atoms with Gasteiger partial charge in [-0.05, 0) is 19.1 Å². The summed E-state index contributed by atoms with van der Waals surface area (Å²) in [5.74, 6) is 1.33. The van der Waals surface area contributed by atoms with Crippen molar-refractivity contribution in [2.75, 3.05) is 25.1 Å². The van der Waals surface area contributed by atoms with E-state index in [1.165, 1.54) is 0 Å². The number of para-hydroxylation sites is 1. The van der Waals surface area contributed by atoms with Gasteiger partial charge in [0.15, 0.2) is 5.65 Å². The highest BCUT2D eigenvalue weighted by Crippen LogP contribution is 2.24. The van der Waals surface area contributed by atoms with E-state index in [-0.39, 0.29) is 0 Å². The van der Waals surface area contributed by atoms with Crippen molar-refractivity contribution in [3.8, 4) is 5.69 Å². The maximum Gasteiger partial charge on any atom is 0.168 e. The zero-order valence-electron chi connectivity index (χ0n) is 13.4. The fourth-order valence-electron chi connectivity index (χ4n) is 2.89. The Kier molecular flexibility index (Phi) is 3.66. The lowest BCUT2D eigenvalue weighted by Crippen LogP contribution is -2.37. The van der Waals surface area contributed by atoms with Crippen LogP contribution in [0.15, 0.2) is 36.5 Å². The normalized spacial score (nSPS) is 20.6. The summed E-state index contributed by atoms with van der Waals surface area (Å²) in [6.45, 7) is 3.16. The number of hydrogen-bond donors (Lipinski definition) is 2. The van der Waals surface area contributed by atoms with Gasteiger partial charge in [-0.3, -0.25) is 0 Å². The molecule has 2 N–H and O–H groups in total. The largest absolute Gasteiger partial charge is 0.386 e. The van der Waals surface area contributed by atoms with E-state index < -0.39 is 5.60 Å². The first-order valence-corrected chi connectivity index (χ1v) is 7.96. The standard InChI is InChI=1S/C17H19N5O2/c1-12-20-15(18-10-17(23)7-8-24-11-17)14-9-19-22(16(14)21-12)13-5-3-2-4-6-13/h2-6,9,23H,7-8,10-11H2,1H3,(H,18,20,21). The number of benzene rings is 1. The van der Waals surface area contributed by atoms with Crippen LogP contribution in [0.2, 0.25) is 0 Å². The number of hydrogen-bond acceptors (Lipinski definition) is 6. The van der Waals surface area contributed by atoms with Crippen molar-refractivity contribution in [2.45, 2.75) is 18.9 Å². The van der Waals surface area contributed by atoms with Gasteiger partial charge in [0.25, 0.3) is 0 Å². The molecular weight excluding hydrogens is 306 g/mol. The number of nitrogens with one attached hydrogen (secondary N) is 1. The number of aromatic nitrogens is 4. The van der Waals surface area contributed by atoms with E-state index in [0.29, 0.717) is 37.8 Å². The SMILES string of the molecule is Cc1nc(NCC2(O)CCOC2)c2cnn(-c3ccccc3)c2n1. The molecule has 0 bridgehead atoms. The quantitative estimate of drug-likeness (QED) is 0.759. The maximum atomic E-state index is 10.4. The number of ether oxygens (including phenoxy) is 1. The lowest BCUT2D eigenvalue weighted by atomic mass is 10.0. The molecule has 7 nitrogen and oxygen atoms in total. The second kappa shape index (κ2) is 5.85. The molecule has 0 aliphatic carbocycles. The number of rotatable bonds is 4. The predicted molar refractivity (Wildman–Crippen MR) is 90.3 cm³/mol. The highest BCUT2D eigenvalue weighted by molar-refractivity contribution is 5.87. The number of aliphatic hydroxyl groups is 1. The van der Waals surface area contributed by atoms with Crippen LogP contribution < -0.4 is 5.32 Å². The Balaban J connectivity index is 1.70. The van der Waals surface area contributed by atoms with Crippen molar-refractivity contribution >= 4 is 16.9 Å². The number of nitrogens with zero attached hydrogens (tertiary/aromatic N) is 4. The van der Waals surface area contributed by atoms with Crippen LogP contribution in [0.4, 0.5) is 5.82 Å². The molecule has 0 spiro atoms. The van der Waals surface area contributed by atoms with Crippen LogP contribution in [0.25, 0.3) is 16.7 Å². The molecule has 0 saturated carbocycles. The fourth-order valence-corrected chi connectivity index (χ4v) is 2.89. The van der Waals surface area contributed by atoms with Crippen molar-refractivity contribution in [1.29, 1.82) is 0 Å². The van der Waals surface area contributed by atoms with Crippen LogP contribution in [-0.4, -0.2) is 50.2 Å². The molecular formula is C17H19N5O2. The average molecular weight is 325 g/mol. The Morgan fingerprint density at radius 1 is 1.29 bits per heavy atom. The summed E-state index contributed by atoms with van der Waals surface area (Å²) >= 11 is 0. The minimum Gasteiger partial charge on any atom is -0.386 e. The van der Waals surface area contributed by atoms with Gasteiger partial charge in [-0.25, -0.2) is 14.6 Å². The Morgan fingerprint density at radius 2 is 2.12 bits per heavy atom. The molecule has 1 saturated heterocycles. The lowest BCUT2D eigenvalue weighted by Gasteiger charge is -2.21. The lowest BCUT2D eigenvalue weighted by molar-refractivity contribution is 0.0381. The maximum absolute atomic E-state index is 10.4. The van der Waals surface area contributed by atoms with Gasteiger partial charge in [0, 0.05) is 19.6 Å². The number of fused-ring (bicyclic) bond motifs is 1. The van der Waals surface area contributed by atoms with E-state index in [2.05, 4.69) is 20.4 Å². The minimum atomic E-state index is -0.847. The van der Waals surface area contributed by atoms with Crippen molar-refractivity contribution < 1.29 is 9.84 Å². The van der Waals surface area contributed by atoms with Crippen molar-refractivity contribution in [3.05, 3.63) is 42.4 Å². The molecule has 0 amide bonds. The third kappa shape index (κ3) is 2.72. The molecule has 1 aromatic carbocycles. The summed E-state index contributed by atoms with van der Waals surface area (Å²) in [7, 11) is 0.